The highest BCUT2D eigenvalue weighted by molar-refractivity contribution is 5.87. The van der Waals surface area contributed by atoms with Crippen LogP contribution in [0.1, 0.15) is 32.6 Å². The average Bonchev–Trinajstić information content (AvgIpc) is 2.66. The van der Waals surface area contributed by atoms with Crippen molar-refractivity contribution in [2.24, 2.45) is 11.1 Å². The summed E-state index contributed by atoms with van der Waals surface area (Å²) in [7, 11) is 0. The monoisotopic (exact) mass is 214 g/mol. The van der Waals surface area contributed by atoms with Crippen LogP contribution < -0.4 is 11.1 Å². The number of hydrogen-bond acceptors (Lipinski definition) is 3. The first-order valence-corrected chi connectivity index (χ1v) is 5.26. The van der Waals surface area contributed by atoms with Crippen molar-refractivity contribution in [1.29, 1.82) is 0 Å². The summed E-state index contributed by atoms with van der Waals surface area (Å²) in [5.41, 5.74) is 5.09. The maximum atomic E-state index is 11.9. The summed E-state index contributed by atoms with van der Waals surface area (Å²) in [4.78, 5) is 22.5. The Morgan fingerprint density at radius 2 is 2.00 bits per heavy atom. The van der Waals surface area contributed by atoms with Gasteiger partial charge in [-0.1, -0.05) is 12.8 Å². The van der Waals surface area contributed by atoms with Crippen molar-refractivity contribution in [2.45, 2.75) is 38.6 Å². The molecule has 1 atom stereocenters. The molecule has 0 bridgehead atoms. The largest absolute Gasteiger partial charge is 0.480 e. The second-order valence-corrected chi connectivity index (χ2v) is 4.22. The van der Waals surface area contributed by atoms with E-state index in [1.165, 1.54) is 6.92 Å². The van der Waals surface area contributed by atoms with Gasteiger partial charge in [0.2, 0.25) is 5.91 Å². The van der Waals surface area contributed by atoms with Crippen molar-refractivity contribution in [2.75, 3.05) is 6.54 Å². The summed E-state index contributed by atoms with van der Waals surface area (Å²) >= 11 is 0. The number of rotatable bonds is 4. The van der Waals surface area contributed by atoms with E-state index < -0.39 is 17.4 Å². The minimum absolute atomic E-state index is 0.211. The number of nitrogens with two attached hydrogens (primary N) is 1. The highest BCUT2D eigenvalue weighted by atomic mass is 16.4. The zero-order valence-corrected chi connectivity index (χ0v) is 8.95. The van der Waals surface area contributed by atoms with Crippen LogP contribution in [0.25, 0.3) is 0 Å². The van der Waals surface area contributed by atoms with Gasteiger partial charge in [0.15, 0.2) is 0 Å². The Morgan fingerprint density at radius 3 is 2.40 bits per heavy atom. The van der Waals surface area contributed by atoms with Crippen LogP contribution >= 0.6 is 0 Å². The van der Waals surface area contributed by atoms with E-state index in [2.05, 4.69) is 5.32 Å². The Kier molecular flexibility index (Phi) is 3.68. The summed E-state index contributed by atoms with van der Waals surface area (Å²) in [5, 5.41) is 11.2. The van der Waals surface area contributed by atoms with Gasteiger partial charge in [-0.15, -0.1) is 0 Å². The first kappa shape index (κ1) is 12.0. The molecule has 1 aliphatic carbocycles. The smallest absolute Gasteiger partial charge is 0.325 e. The fourth-order valence-corrected chi connectivity index (χ4v) is 1.99. The maximum Gasteiger partial charge on any atom is 0.325 e. The molecule has 4 N–H and O–H groups in total. The molecule has 5 nitrogen and oxygen atoms in total. The average molecular weight is 214 g/mol. The lowest BCUT2D eigenvalue weighted by Gasteiger charge is -2.26. The number of carboxylic acid groups (broad SMARTS) is 1. The molecule has 0 aromatic rings. The molecule has 0 saturated heterocycles. The SMILES string of the molecule is CC(NC(=O)C1(CN)CCCC1)C(=O)O. The first-order chi connectivity index (χ1) is 7.02. The third-order valence-electron chi connectivity index (χ3n) is 3.15. The van der Waals surface area contributed by atoms with Crippen molar-refractivity contribution >= 4 is 11.9 Å². The summed E-state index contributed by atoms with van der Waals surface area (Å²) in [6.45, 7) is 1.75. The molecule has 0 aromatic carbocycles. The number of amides is 1. The highest BCUT2D eigenvalue weighted by Crippen LogP contribution is 2.37. The van der Waals surface area contributed by atoms with E-state index in [-0.39, 0.29) is 5.91 Å². The predicted octanol–water partition coefficient (Wildman–Crippen LogP) is 0.0948. The Morgan fingerprint density at radius 1 is 1.47 bits per heavy atom. The molecule has 1 saturated carbocycles. The molecule has 5 heteroatoms. The van der Waals surface area contributed by atoms with E-state index >= 15 is 0 Å². The molecule has 0 radical (unpaired) electrons. The van der Waals surface area contributed by atoms with Crippen LogP contribution in [0.4, 0.5) is 0 Å². The van der Waals surface area contributed by atoms with Gasteiger partial charge in [0.25, 0.3) is 0 Å². The second-order valence-electron chi connectivity index (χ2n) is 4.22. The van der Waals surface area contributed by atoms with Gasteiger partial charge in [0.05, 0.1) is 5.41 Å². The van der Waals surface area contributed by atoms with Crippen LogP contribution in [-0.2, 0) is 9.59 Å². The van der Waals surface area contributed by atoms with Crippen molar-refractivity contribution in [3.8, 4) is 0 Å². The van der Waals surface area contributed by atoms with Gasteiger partial charge >= 0.3 is 5.97 Å². The van der Waals surface area contributed by atoms with Crippen LogP contribution in [0.3, 0.4) is 0 Å². The van der Waals surface area contributed by atoms with Crippen molar-refractivity contribution in [3.05, 3.63) is 0 Å². The summed E-state index contributed by atoms with van der Waals surface area (Å²) in [5.74, 6) is -1.23. The fourth-order valence-electron chi connectivity index (χ4n) is 1.99. The molecule has 0 spiro atoms. The molecule has 1 aliphatic rings. The van der Waals surface area contributed by atoms with Gasteiger partial charge in [-0.2, -0.15) is 0 Å². The van der Waals surface area contributed by atoms with Crippen LogP contribution in [0.15, 0.2) is 0 Å². The van der Waals surface area contributed by atoms with Crippen molar-refractivity contribution in [3.63, 3.8) is 0 Å². The lowest BCUT2D eigenvalue weighted by atomic mass is 9.85. The van der Waals surface area contributed by atoms with E-state index in [0.29, 0.717) is 6.54 Å². The number of carbonyl (C=O) groups is 2. The lowest BCUT2D eigenvalue weighted by Crippen LogP contribution is -2.49. The zero-order valence-electron chi connectivity index (χ0n) is 8.95. The molecule has 0 heterocycles. The Bertz CT molecular complexity index is 259. The van der Waals surface area contributed by atoms with Crippen LogP contribution in [-0.4, -0.2) is 29.6 Å². The molecule has 0 aliphatic heterocycles. The van der Waals surface area contributed by atoms with Gasteiger partial charge in [-0.3, -0.25) is 9.59 Å². The van der Waals surface area contributed by atoms with Gasteiger partial charge in [-0.05, 0) is 19.8 Å². The minimum atomic E-state index is -1.02. The van der Waals surface area contributed by atoms with Crippen molar-refractivity contribution < 1.29 is 14.7 Å². The quantitative estimate of drug-likeness (QED) is 0.618. The molecular weight excluding hydrogens is 196 g/mol. The molecule has 1 unspecified atom stereocenters. The molecule has 1 amide bonds. The van der Waals surface area contributed by atoms with E-state index in [9.17, 15) is 9.59 Å². The molecule has 15 heavy (non-hydrogen) atoms. The maximum absolute atomic E-state index is 11.9. The second kappa shape index (κ2) is 4.61. The number of nitrogens with one attached hydrogen (secondary N) is 1. The summed E-state index contributed by atoms with van der Waals surface area (Å²) in [6, 6.07) is -0.846. The first-order valence-electron chi connectivity index (χ1n) is 5.26. The van der Waals surface area contributed by atoms with Gasteiger partial charge in [0.1, 0.15) is 6.04 Å². The number of aliphatic carboxylic acids is 1. The Labute approximate surface area is 89.0 Å². The van der Waals surface area contributed by atoms with Gasteiger partial charge in [-0.25, -0.2) is 0 Å². The van der Waals surface area contributed by atoms with E-state index in [4.69, 9.17) is 10.8 Å². The Hall–Kier alpha value is -1.10. The van der Waals surface area contributed by atoms with Crippen molar-refractivity contribution in [1.82, 2.24) is 5.32 Å². The zero-order chi connectivity index (χ0) is 11.5. The highest BCUT2D eigenvalue weighted by Gasteiger charge is 2.40. The summed E-state index contributed by atoms with van der Waals surface area (Å²) < 4.78 is 0. The normalized spacial score (nSPS) is 20.9. The van der Waals surface area contributed by atoms with E-state index in [0.717, 1.165) is 25.7 Å². The number of hydrogen-bond donors (Lipinski definition) is 3. The number of carboxylic acids is 1. The topological polar surface area (TPSA) is 92.4 Å². The lowest BCUT2D eigenvalue weighted by molar-refractivity contribution is -0.143. The van der Waals surface area contributed by atoms with Gasteiger partial charge in [0, 0.05) is 6.54 Å². The van der Waals surface area contributed by atoms with Crippen LogP contribution in [0, 0.1) is 5.41 Å². The standard InChI is InChI=1S/C10H18N2O3/c1-7(8(13)14)12-9(15)10(6-11)4-2-3-5-10/h7H,2-6,11H2,1H3,(H,12,15)(H,13,14). The predicted molar refractivity (Wildman–Crippen MR) is 55.2 cm³/mol. The fraction of sp³-hybridized carbons (Fsp3) is 0.800. The molecular formula is C10H18N2O3. The van der Waals surface area contributed by atoms with E-state index in [1.54, 1.807) is 0 Å². The minimum Gasteiger partial charge on any atom is -0.480 e. The van der Waals surface area contributed by atoms with Crippen LogP contribution in [0.5, 0.6) is 0 Å². The summed E-state index contributed by atoms with van der Waals surface area (Å²) in [6.07, 6.45) is 3.52. The molecule has 0 aromatic heterocycles. The van der Waals surface area contributed by atoms with Crippen LogP contribution in [0.2, 0.25) is 0 Å². The molecule has 1 fully saturated rings. The third-order valence-corrected chi connectivity index (χ3v) is 3.15. The molecule has 1 rings (SSSR count). The van der Waals surface area contributed by atoms with Gasteiger partial charge < -0.3 is 16.2 Å². The number of carbonyl (C=O) groups excluding carboxylic acids is 1. The molecule has 86 valence electrons. The Balaban J connectivity index is 2.62. The third kappa shape index (κ3) is 2.47. The van der Waals surface area contributed by atoms with E-state index in [1.807, 2.05) is 0 Å².